The van der Waals surface area contributed by atoms with Gasteiger partial charge in [0.2, 0.25) is 0 Å². The summed E-state index contributed by atoms with van der Waals surface area (Å²) >= 11 is 0. The van der Waals surface area contributed by atoms with Gasteiger partial charge in [-0.15, -0.1) is 0 Å². The molecule has 1 heterocycles. The Kier molecular flexibility index (Phi) is 5.98. The van der Waals surface area contributed by atoms with E-state index in [9.17, 15) is 9.18 Å². The van der Waals surface area contributed by atoms with Crippen LogP contribution in [-0.4, -0.2) is 36.2 Å². The number of carbonyl (C=O) groups excluding carboxylic acids is 1. The summed E-state index contributed by atoms with van der Waals surface area (Å²) in [5, 5.41) is 6.60. The van der Waals surface area contributed by atoms with Crippen molar-refractivity contribution in [1.82, 2.24) is 10.1 Å². The topological polar surface area (TPSA) is 61.6 Å². The molecule has 146 valence electrons. The number of amides is 2. The highest BCUT2D eigenvalue weighted by molar-refractivity contribution is 5.89. The predicted molar refractivity (Wildman–Crippen MR) is 103 cm³/mol. The molecule has 7 heteroatoms. The van der Waals surface area contributed by atoms with Gasteiger partial charge in [-0.05, 0) is 38.0 Å². The molecule has 1 aliphatic rings. The van der Waals surface area contributed by atoms with Gasteiger partial charge >= 0.3 is 6.03 Å². The Morgan fingerprint density at radius 1 is 1.26 bits per heavy atom. The van der Waals surface area contributed by atoms with Crippen molar-refractivity contribution in [3.63, 3.8) is 0 Å². The van der Waals surface area contributed by atoms with E-state index in [2.05, 4.69) is 10.5 Å². The first-order chi connectivity index (χ1) is 12.9. The normalized spacial score (nSPS) is 14.8. The van der Waals surface area contributed by atoms with Gasteiger partial charge in [0.1, 0.15) is 17.3 Å². The largest absolute Gasteiger partial charge is 0.369 e. The van der Waals surface area contributed by atoms with Gasteiger partial charge in [0.15, 0.2) is 0 Å². The Morgan fingerprint density at radius 3 is 2.63 bits per heavy atom. The van der Waals surface area contributed by atoms with Crippen LogP contribution in [0, 0.1) is 12.7 Å². The molecule has 0 bridgehead atoms. The number of nitrogens with one attached hydrogen (secondary N) is 1. The lowest BCUT2D eigenvalue weighted by molar-refractivity contribution is 0.219. The number of rotatable bonds is 5. The molecule has 1 N–H and O–H groups in total. The molecule has 6 nitrogen and oxygen atoms in total. The third-order valence-corrected chi connectivity index (χ3v) is 5.12. The lowest BCUT2D eigenvalue weighted by Crippen LogP contribution is -2.34. The molecular formula is C20H27FN4O2. The van der Waals surface area contributed by atoms with Crippen LogP contribution in [0.15, 0.2) is 28.8 Å². The monoisotopic (exact) mass is 374 g/mol. The maximum Gasteiger partial charge on any atom is 0.321 e. The second-order valence-corrected chi connectivity index (χ2v) is 7.28. The number of aromatic nitrogens is 1. The Bertz CT molecular complexity index is 786. The Labute approximate surface area is 159 Å². The number of carbonyl (C=O) groups is 1. The SMILES string of the molecule is Cc1cc(CN(C)C(=O)Nc2ccc(N(C)C3CCCCC3)c(F)c2)no1. The number of halogens is 1. The van der Waals surface area contributed by atoms with Crippen LogP contribution < -0.4 is 10.2 Å². The first-order valence-corrected chi connectivity index (χ1v) is 9.40. The summed E-state index contributed by atoms with van der Waals surface area (Å²) in [5.41, 5.74) is 1.67. The molecule has 1 aliphatic carbocycles. The molecule has 0 saturated heterocycles. The molecule has 1 aromatic heterocycles. The van der Waals surface area contributed by atoms with Crippen molar-refractivity contribution >= 4 is 17.4 Å². The molecule has 2 aromatic rings. The van der Waals surface area contributed by atoms with E-state index in [4.69, 9.17) is 4.52 Å². The second kappa shape index (κ2) is 8.41. The molecule has 3 rings (SSSR count). The highest BCUT2D eigenvalue weighted by atomic mass is 19.1. The Balaban J connectivity index is 1.61. The fourth-order valence-corrected chi connectivity index (χ4v) is 3.56. The first-order valence-electron chi connectivity index (χ1n) is 9.40. The molecule has 0 unspecified atom stereocenters. The fraction of sp³-hybridized carbons (Fsp3) is 0.500. The van der Waals surface area contributed by atoms with Crippen molar-refractivity contribution in [2.75, 3.05) is 24.3 Å². The van der Waals surface area contributed by atoms with Gasteiger partial charge in [-0.1, -0.05) is 24.4 Å². The lowest BCUT2D eigenvalue weighted by Gasteiger charge is -2.33. The highest BCUT2D eigenvalue weighted by Gasteiger charge is 2.21. The lowest BCUT2D eigenvalue weighted by atomic mass is 9.94. The van der Waals surface area contributed by atoms with Gasteiger partial charge in [-0.3, -0.25) is 0 Å². The van der Waals surface area contributed by atoms with Gasteiger partial charge in [0, 0.05) is 31.9 Å². The highest BCUT2D eigenvalue weighted by Crippen LogP contribution is 2.29. The van der Waals surface area contributed by atoms with E-state index in [1.165, 1.54) is 30.2 Å². The number of urea groups is 1. The Morgan fingerprint density at radius 2 is 2.00 bits per heavy atom. The van der Waals surface area contributed by atoms with Crippen LogP contribution in [0.2, 0.25) is 0 Å². The number of hydrogen-bond donors (Lipinski definition) is 1. The van der Waals surface area contributed by atoms with E-state index in [1.807, 2.05) is 11.9 Å². The zero-order chi connectivity index (χ0) is 19.4. The van der Waals surface area contributed by atoms with Crippen molar-refractivity contribution in [1.29, 1.82) is 0 Å². The summed E-state index contributed by atoms with van der Waals surface area (Å²) in [6.45, 7) is 2.11. The average Bonchev–Trinajstić information content (AvgIpc) is 3.06. The van der Waals surface area contributed by atoms with E-state index in [0.29, 0.717) is 35.4 Å². The van der Waals surface area contributed by atoms with Crippen molar-refractivity contribution in [2.24, 2.45) is 0 Å². The molecule has 1 saturated carbocycles. The maximum atomic E-state index is 14.6. The minimum atomic E-state index is -0.330. The third-order valence-electron chi connectivity index (χ3n) is 5.12. The summed E-state index contributed by atoms with van der Waals surface area (Å²) in [7, 11) is 3.60. The average molecular weight is 374 g/mol. The van der Waals surface area contributed by atoms with Gasteiger partial charge in [-0.25, -0.2) is 9.18 Å². The molecule has 1 fully saturated rings. The van der Waals surface area contributed by atoms with Crippen LogP contribution in [0.4, 0.5) is 20.6 Å². The second-order valence-electron chi connectivity index (χ2n) is 7.28. The summed E-state index contributed by atoms with van der Waals surface area (Å²) < 4.78 is 19.6. The summed E-state index contributed by atoms with van der Waals surface area (Å²) in [6.07, 6.45) is 5.85. The number of aryl methyl sites for hydroxylation is 1. The van der Waals surface area contributed by atoms with Gasteiger partial charge in [0.05, 0.1) is 12.2 Å². The van der Waals surface area contributed by atoms with Crippen molar-refractivity contribution in [3.05, 3.63) is 41.5 Å². The summed E-state index contributed by atoms with van der Waals surface area (Å²) in [4.78, 5) is 15.8. The van der Waals surface area contributed by atoms with E-state index in [1.54, 1.807) is 32.2 Å². The zero-order valence-corrected chi connectivity index (χ0v) is 16.2. The van der Waals surface area contributed by atoms with E-state index in [-0.39, 0.29) is 11.8 Å². The first kappa shape index (κ1) is 19.2. The van der Waals surface area contributed by atoms with Crippen molar-refractivity contribution in [3.8, 4) is 0 Å². The van der Waals surface area contributed by atoms with Crippen LogP contribution in [0.25, 0.3) is 0 Å². The predicted octanol–water partition coefficient (Wildman–Crippen LogP) is 4.55. The molecule has 2 amide bonds. The number of hydrogen-bond acceptors (Lipinski definition) is 4. The summed E-state index contributed by atoms with van der Waals surface area (Å²) in [6, 6.07) is 6.68. The molecule has 27 heavy (non-hydrogen) atoms. The number of anilines is 2. The van der Waals surface area contributed by atoms with Crippen molar-refractivity contribution < 1.29 is 13.7 Å². The number of benzene rings is 1. The molecule has 1 aromatic carbocycles. The fourth-order valence-electron chi connectivity index (χ4n) is 3.56. The van der Waals surface area contributed by atoms with E-state index < -0.39 is 0 Å². The molecule has 0 aliphatic heterocycles. The van der Waals surface area contributed by atoms with Crippen LogP contribution in [0.3, 0.4) is 0 Å². The van der Waals surface area contributed by atoms with Crippen LogP contribution in [0.5, 0.6) is 0 Å². The van der Waals surface area contributed by atoms with E-state index >= 15 is 0 Å². The minimum absolute atomic E-state index is 0.314. The quantitative estimate of drug-likeness (QED) is 0.834. The van der Waals surface area contributed by atoms with Crippen LogP contribution >= 0.6 is 0 Å². The molecule has 0 atom stereocenters. The van der Waals surface area contributed by atoms with Crippen molar-refractivity contribution in [2.45, 2.75) is 51.6 Å². The maximum absolute atomic E-state index is 14.6. The Hall–Kier alpha value is -2.57. The van der Waals surface area contributed by atoms with Crippen LogP contribution in [0.1, 0.15) is 43.6 Å². The standard InChI is InChI=1S/C20H27FN4O2/c1-14-11-16(23-27-14)13-24(2)20(26)22-15-9-10-19(18(21)12-15)25(3)17-7-5-4-6-8-17/h9-12,17H,4-8,13H2,1-3H3,(H,22,26). The minimum Gasteiger partial charge on any atom is -0.369 e. The summed E-state index contributed by atoms with van der Waals surface area (Å²) in [5.74, 6) is 0.370. The van der Waals surface area contributed by atoms with Gasteiger partial charge in [0.25, 0.3) is 0 Å². The smallest absolute Gasteiger partial charge is 0.321 e. The third kappa shape index (κ3) is 4.78. The van der Waals surface area contributed by atoms with Crippen LogP contribution in [-0.2, 0) is 6.54 Å². The number of nitrogens with zero attached hydrogens (tertiary/aromatic N) is 3. The molecular weight excluding hydrogens is 347 g/mol. The van der Waals surface area contributed by atoms with E-state index in [0.717, 1.165) is 12.8 Å². The molecule has 0 radical (unpaired) electrons. The van der Waals surface area contributed by atoms with Gasteiger partial charge in [-0.2, -0.15) is 0 Å². The molecule has 0 spiro atoms. The zero-order valence-electron chi connectivity index (χ0n) is 16.2. The van der Waals surface area contributed by atoms with Gasteiger partial charge < -0.3 is 19.6 Å².